The molecular formula is C24H34N2O7S. The van der Waals surface area contributed by atoms with Crippen LogP contribution in [0.15, 0.2) is 47.4 Å². The molecule has 1 amide bonds. The Morgan fingerprint density at radius 3 is 2.15 bits per heavy atom. The van der Waals surface area contributed by atoms with Crippen molar-refractivity contribution < 1.29 is 32.5 Å². The number of benzene rings is 2. The Labute approximate surface area is 201 Å². The van der Waals surface area contributed by atoms with Gasteiger partial charge in [-0.15, -0.1) is 0 Å². The predicted molar refractivity (Wildman–Crippen MR) is 129 cm³/mol. The number of methoxy groups -OCH3 is 2. The van der Waals surface area contributed by atoms with Crippen LogP contribution in [-0.4, -0.2) is 58.9 Å². The number of rotatable bonds is 13. The molecule has 0 unspecified atom stereocenters. The van der Waals surface area contributed by atoms with E-state index in [9.17, 15) is 18.3 Å². The van der Waals surface area contributed by atoms with Crippen LogP contribution in [0.4, 0.5) is 0 Å². The summed E-state index contributed by atoms with van der Waals surface area (Å²) in [6.07, 6.45) is -0.756. The van der Waals surface area contributed by atoms with Gasteiger partial charge >= 0.3 is 0 Å². The maximum absolute atomic E-state index is 12.8. The summed E-state index contributed by atoms with van der Waals surface area (Å²) in [5.41, 5.74) is 0.928. The summed E-state index contributed by atoms with van der Waals surface area (Å²) < 4.78 is 44.2. The molecular weight excluding hydrogens is 460 g/mol. The minimum atomic E-state index is -3.89. The van der Waals surface area contributed by atoms with Crippen molar-refractivity contribution in [2.75, 3.05) is 27.4 Å². The summed E-state index contributed by atoms with van der Waals surface area (Å²) in [7, 11) is -0.911. The summed E-state index contributed by atoms with van der Waals surface area (Å²) in [4.78, 5) is 12.9. The molecule has 0 bridgehead atoms. The SMILES string of the molecule is COc1cccc(OC)c1OC[C@H](O)CNC(=O)[C@H](CC(C)C)NS(=O)(=O)c1ccc(C)cc1. The van der Waals surface area contributed by atoms with E-state index in [-0.39, 0.29) is 24.0 Å². The molecule has 0 heterocycles. The van der Waals surface area contributed by atoms with Crippen molar-refractivity contribution in [3.05, 3.63) is 48.0 Å². The van der Waals surface area contributed by atoms with E-state index in [2.05, 4.69) is 10.0 Å². The van der Waals surface area contributed by atoms with Gasteiger partial charge in [-0.05, 0) is 43.5 Å². The summed E-state index contributed by atoms with van der Waals surface area (Å²) in [6, 6.07) is 10.5. The van der Waals surface area contributed by atoms with Gasteiger partial charge in [0.1, 0.15) is 18.8 Å². The molecule has 2 rings (SSSR count). The second-order valence-corrected chi connectivity index (χ2v) is 10.0. The molecule has 2 aromatic carbocycles. The zero-order valence-corrected chi connectivity index (χ0v) is 21.0. The van der Waals surface area contributed by atoms with Gasteiger partial charge in [-0.25, -0.2) is 8.42 Å². The maximum atomic E-state index is 12.8. The van der Waals surface area contributed by atoms with Crippen molar-refractivity contribution in [2.24, 2.45) is 5.92 Å². The quantitative estimate of drug-likeness (QED) is 0.390. The van der Waals surface area contributed by atoms with Crippen molar-refractivity contribution in [2.45, 2.75) is 44.2 Å². The highest BCUT2D eigenvalue weighted by molar-refractivity contribution is 7.89. The third-order valence-electron chi connectivity index (χ3n) is 4.97. The summed E-state index contributed by atoms with van der Waals surface area (Å²) in [5, 5.41) is 12.9. The van der Waals surface area contributed by atoms with Gasteiger partial charge < -0.3 is 24.6 Å². The molecule has 0 saturated carbocycles. The van der Waals surface area contributed by atoms with Crippen LogP contribution in [0.5, 0.6) is 17.2 Å². The predicted octanol–water partition coefficient (Wildman–Crippen LogP) is 2.26. The maximum Gasteiger partial charge on any atom is 0.241 e. The summed E-state index contributed by atoms with van der Waals surface area (Å²) in [6.45, 7) is 5.38. The van der Waals surface area contributed by atoms with Gasteiger partial charge in [-0.2, -0.15) is 4.72 Å². The van der Waals surface area contributed by atoms with Gasteiger partial charge in [0.15, 0.2) is 11.5 Å². The van der Waals surface area contributed by atoms with Gasteiger partial charge in [-0.1, -0.05) is 37.6 Å². The second kappa shape index (κ2) is 12.6. The van der Waals surface area contributed by atoms with E-state index in [1.54, 1.807) is 30.3 Å². The lowest BCUT2D eigenvalue weighted by molar-refractivity contribution is -0.123. The van der Waals surface area contributed by atoms with Crippen LogP contribution in [0.2, 0.25) is 0 Å². The van der Waals surface area contributed by atoms with E-state index in [0.717, 1.165) is 5.56 Å². The lowest BCUT2D eigenvalue weighted by Crippen LogP contribution is -2.49. The highest BCUT2D eigenvalue weighted by Crippen LogP contribution is 2.36. The summed E-state index contributed by atoms with van der Waals surface area (Å²) in [5.74, 6) is 0.749. The van der Waals surface area contributed by atoms with Crippen LogP contribution in [0.25, 0.3) is 0 Å². The molecule has 0 saturated heterocycles. The molecule has 0 aliphatic heterocycles. The lowest BCUT2D eigenvalue weighted by atomic mass is 10.0. The normalized spacial score (nSPS) is 13.3. The van der Waals surface area contributed by atoms with Crippen molar-refractivity contribution in [1.29, 1.82) is 0 Å². The molecule has 2 aromatic rings. The number of ether oxygens (including phenoxy) is 3. The van der Waals surface area contributed by atoms with Gasteiger partial charge in [0.25, 0.3) is 0 Å². The fraction of sp³-hybridized carbons (Fsp3) is 0.458. The molecule has 0 radical (unpaired) electrons. The number of hydrogen-bond donors (Lipinski definition) is 3. The van der Waals surface area contributed by atoms with Crippen LogP contribution in [0.3, 0.4) is 0 Å². The van der Waals surface area contributed by atoms with E-state index in [1.165, 1.54) is 26.4 Å². The van der Waals surface area contributed by atoms with E-state index in [4.69, 9.17) is 14.2 Å². The fourth-order valence-electron chi connectivity index (χ4n) is 3.19. The number of aliphatic hydroxyl groups is 1. The van der Waals surface area contributed by atoms with Crippen molar-refractivity contribution in [3.63, 3.8) is 0 Å². The average Bonchev–Trinajstić information content (AvgIpc) is 2.80. The second-order valence-electron chi connectivity index (χ2n) is 8.32. The number of carbonyl (C=O) groups is 1. The van der Waals surface area contributed by atoms with Crippen LogP contribution in [-0.2, 0) is 14.8 Å². The molecule has 34 heavy (non-hydrogen) atoms. The number of aryl methyl sites for hydroxylation is 1. The number of aliphatic hydroxyl groups excluding tert-OH is 1. The zero-order chi connectivity index (χ0) is 25.3. The van der Waals surface area contributed by atoms with E-state index in [0.29, 0.717) is 23.7 Å². The Bertz CT molecular complexity index is 1020. The topological polar surface area (TPSA) is 123 Å². The van der Waals surface area contributed by atoms with E-state index in [1.807, 2.05) is 20.8 Å². The van der Waals surface area contributed by atoms with Crippen LogP contribution < -0.4 is 24.2 Å². The number of nitrogens with one attached hydrogen (secondary N) is 2. The molecule has 0 aliphatic carbocycles. The van der Waals surface area contributed by atoms with Crippen molar-refractivity contribution in [1.82, 2.24) is 10.0 Å². The van der Waals surface area contributed by atoms with Gasteiger partial charge in [0.05, 0.1) is 19.1 Å². The Kier molecular flexibility index (Phi) is 10.2. The Hall–Kier alpha value is -2.82. The number of hydrogen-bond acceptors (Lipinski definition) is 7. The first-order valence-corrected chi connectivity index (χ1v) is 12.4. The first-order chi connectivity index (χ1) is 16.1. The van der Waals surface area contributed by atoms with Crippen LogP contribution in [0.1, 0.15) is 25.8 Å². The van der Waals surface area contributed by atoms with E-state index >= 15 is 0 Å². The number of amides is 1. The molecule has 0 aromatic heterocycles. The summed E-state index contributed by atoms with van der Waals surface area (Å²) >= 11 is 0. The Morgan fingerprint density at radius 2 is 1.62 bits per heavy atom. The minimum absolute atomic E-state index is 0.0581. The van der Waals surface area contributed by atoms with Crippen LogP contribution >= 0.6 is 0 Å². The standard InChI is InChI=1S/C24H34N2O7S/c1-16(2)13-20(26-34(29,30)19-11-9-17(3)10-12-19)24(28)25-14-18(27)15-33-23-21(31-4)7-6-8-22(23)32-5/h6-12,16,18,20,26-27H,13-15H2,1-5H3,(H,25,28)/t18-,20+/m1/s1. The molecule has 0 spiro atoms. The monoisotopic (exact) mass is 494 g/mol. The molecule has 0 fully saturated rings. The van der Waals surface area contributed by atoms with Crippen LogP contribution in [0, 0.1) is 12.8 Å². The average molecular weight is 495 g/mol. The molecule has 3 N–H and O–H groups in total. The van der Waals surface area contributed by atoms with Gasteiger partial charge in [0, 0.05) is 6.54 Å². The molecule has 0 aliphatic rings. The Balaban J connectivity index is 2.00. The molecule has 2 atom stereocenters. The number of para-hydroxylation sites is 1. The number of sulfonamides is 1. The molecule has 9 nitrogen and oxygen atoms in total. The zero-order valence-electron chi connectivity index (χ0n) is 20.2. The third-order valence-corrected chi connectivity index (χ3v) is 6.45. The first-order valence-electron chi connectivity index (χ1n) is 11.0. The minimum Gasteiger partial charge on any atom is -0.493 e. The van der Waals surface area contributed by atoms with Gasteiger partial charge in [0.2, 0.25) is 21.7 Å². The van der Waals surface area contributed by atoms with E-state index < -0.39 is 28.1 Å². The smallest absolute Gasteiger partial charge is 0.241 e. The van der Waals surface area contributed by atoms with Crippen molar-refractivity contribution in [3.8, 4) is 17.2 Å². The highest BCUT2D eigenvalue weighted by Gasteiger charge is 2.27. The fourth-order valence-corrected chi connectivity index (χ4v) is 4.40. The largest absolute Gasteiger partial charge is 0.493 e. The Morgan fingerprint density at radius 1 is 1.03 bits per heavy atom. The molecule has 188 valence electrons. The van der Waals surface area contributed by atoms with Crippen molar-refractivity contribution >= 4 is 15.9 Å². The third kappa shape index (κ3) is 7.89. The number of carbonyl (C=O) groups excluding carboxylic acids is 1. The molecule has 10 heteroatoms. The highest BCUT2D eigenvalue weighted by atomic mass is 32.2. The lowest BCUT2D eigenvalue weighted by Gasteiger charge is -2.21. The van der Waals surface area contributed by atoms with Gasteiger partial charge in [-0.3, -0.25) is 4.79 Å². The first kappa shape index (κ1) is 27.4.